The third-order valence-electron chi connectivity index (χ3n) is 10.0. The largest absolute Gasteiger partial charge is 0.355 e. The van der Waals surface area contributed by atoms with Crippen LogP contribution in [0.15, 0.2) is 200 Å². The van der Waals surface area contributed by atoms with Crippen molar-refractivity contribution in [3.63, 3.8) is 0 Å². The Labute approximate surface area is 316 Å². The molecule has 0 saturated heterocycles. The molecule has 8 aromatic carbocycles. The molecule has 3 heteroatoms. The van der Waals surface area contributed by atoms with Crippen LogP contribution in [-0.2, 0) is 0 Å². The second kappa shape index (κ2) is 14.5. The minimum atomic E-state index is 0.847. The van der Waals surface area contributed by atoms with Gasteiger partial charge in [-0.2, -0.15) is 0 Å². The first-order valence-corrected chi connectivity index (χ1v) is 18.3. The van der Waals surface area contributed by atoms with Crippen LogP contribution >= 0.6 is 0 Å². The number of aromatic nitrogens is 2. The van der Waals surface area contributed by atoms with Crippen molar-refractivity contribution in [1.29, 1.82) is 0 Å². The molecule has 0 radical (unpaired) electrons. The number of rotatable bonds is 8. The van der Waals surface area contributed by atoms with Crippen LogP contribution in [0.3, 0.4) is 0 Å². The lowest BCUT2D eigenvalue weighted by Gasteiger charge is -2.17. The number of anilines is 2. The highest BCUT2D eigenvalue weighted by Gasteiger charge is 2.16. The average Bonchev–Trinajstić information content (AvgIpc) is 3.24. The number of fused-ring (bicyclic) bond motifs is 1. The van der Waals surface area contributed by atoms with Crippen LogP contribution in [0.5, 0.6) is 0 Å². The van der Waals surface area contributed by atoms with Gasteiger partial charge in [-0.15, -0.1) is 0 Å². The molecule has 0 amide bonds. The quantitative estimate of drug-likeness (QED) is 0.172. The fourth-order valence-corrected chi connectivity index (χ4v) is 7.15. The fraction of sp³-hybridized carbons (Fsp3) is 0.0196. The van der Waals surface area contributed by atoms with Crippen LogP contribution in [0.1, 0.15) is 5.56 Å². The Kier molecular flexibility index (Phi) is 8.80. The molecule has 0 unspecified atom stereocenters. The van der Waals surface area contributed by atoms with E-state index in [9.17, 15) is 0 Å². The van der Waals surface area contributed by atoms with Gasteiger partial charge in [-0.1, -0.05) is 170 Å². The summed E-state index contributed by atoms with van der Waals surface area (Å²) in [4.78, 5) is 10.7. The number of benzene rings is 8. The van der Waals surface area contributed by atoms with Crippen molar-refractivity contribution in [1.82, 2.24) is 9.97 Å². The van der Waals surface area contributed by atoms with Crippen LogP contribution in [0.25, 0.3) is 78.1 Å². The summed E-state index contributed by atoms with van der Waals surface area (Å²) in [6.45, 7) is 2.16. The minimum Gasteiger partial charge on any atom is -0.355 e. The molecule has 0 atom stereocenters. The van der Waals surface area contributed by atoms with E-state index in [4.69, 9.17) is 9.97 Å². The monoisotopic (exact) mass is 691 g/mol. The molecule has 9 rings (SSSR count). The minimum absolute atomic E-state index is 0.847. The summed E-state index contributed by atoms with van der Waals surface area (Å²) >= 11 is 0. The molecule has 9 aromatic rings. The summed E-state index contributed by atoms with van der Waals surface area (Å²) in [5.74, 6) is 0. The van der Waals surface area contributed by atoms with Crippen molar-refractivity contribution >= 4 is 22.4 Å². The van der Waals surface area contributed by atoms with Crippen molar-refractivity contribution in [3.8, 4) is 67.0 Å². The maximum Gasteiger partial charge on any atom is 0.0973 e. The lowest BCUT2D eigenvalue weighted by Crippen LogP contribution is -1.97. The van der Waals surface area contributed by atoms with Gasteiger partial charge in [0.1, 0.15) is 0 Å². The van der Waals surface area contributed by atoms with E-state index < -0.39 is 0 Å². The molecule has 1 aromatic heterocycles. The Morgan fingerprint density at radius 1 is 0.333 bits per heavy atom. The zero-order valence-electron chi connectivity index (χ0n) is 29.9. The zero-order valence-corrected chi connectivity index (χ0v) is 29.9. The van der Waals surface area contributed by atoms with Gasteiger partial charge in [-0.3, -0.25) is 0 Å². The van der Waals surface area contributed by atoms with E-state index in [-0.39, 0.29) is 0 Å². The Morgan fingerprint density at radius 3 is 1.37 bits per heavy atom. The summed E-state index contributed by atoms with van der Waals surface area (Å²) in [5, 5.41) is 3.70. The number of hydrogen-bond acceptors (Lipinski definition) is 3. The van der Waals surface area contributed by atoms with E-state index in [1.54, 1.807) is 0 Å². The number of aryl methyl sites for hydroxylation is 1. The van der Waals surface area contributed by atoms with Gasteiger partial charge in [0.25, 0.3) is 0 Å². The van der Waals surface area contributed by atoms with Crippen molar-refractivity contribution in [2.45, 2.75) is 6.92 Å². The van der Waals surface area contributed by atoms with E-state index in [1.807, 2.05) is 18.2 Å². The first-order chi connectivity index (χ1) is 26.7. The molecule has 0 saturated carbocycles. The molecule has 3 nitrogen and oxygen atoms in total. The molecule has 0 aliphatic heterocycles. The van der Waals surface area contributed by atoms with Gasteiger partial charge in [0, 0.05) is 28.1 Å². The molecule has 0 aliphatic rings. The smallest absolute Gasteiger partial charge is 0.0973 e. The molecular weight excluding hydrogens is 655 g/mol. The van der Waals surface area contributed by atoms with Gasteiger partial charge in [0.05, 0.1) is 22.4 Å². The van der Waals surface area contributed by atoms with E-state index in [2.05, 4.69) is 194 Å². The third-order valence-corrected chi connectivity index (χ3v) is 10.0. The van der Waals surface area contributed by atoms with Gasteiger partial charge in [-0.05, 0) is 81.8 Å². The average molecular weight is 692 g/mol. The van der Waals surface area contributed by atoms with Gasteiger partial charge >= 0.3 is 0 Å². The van der Waals surface area contributed by atoms with Crippen molar-refractivity contribution in [2.75, 3.05) is 5.32 Å². The Hall–Kier alpha value is -7.10. The second-order valence-electron chi connectivity index (χ2n) is 13.6. The summed E-state index contributed by atoms with van der Waals surface area (Å²) in [7, 11) is 0. The molecule has 0 aliphatic carbocycles. The van der Waals surface area contributed by atoms with Crippen LogP contribution in [-0.4, -0.2) is 9.97 Å². The van der Waals surface area contributed by atoms with Crippen LogP contribution in [0.2, 0.25) is 0 Å². The van der Waals surface area contributed by atoms with Crippen molar-refractivity contribution in [2.24, 2.45) is 0 Å². The number of hydrogen-bond donors (Lipinski definition) is 1. The molecule has 1 heterocycles. The number of para-hydroxylation sites is 1. The highest BCUT2D eigenvalue weighted by Crippen LogP contribution is 2.38. The number of nitrogens with zero attached hydrogens (tertiary/aromatic N) is 2. The van der Waals surface area contributed by atoms with Crippen LogP contribution in [0, 0.1) is 6.92 Å². The normalized spacial score (nSPS) is 11.1. The van der Waals surface area contributed by atoms with E-state index in [1.165, 1.54) is 33.4 Å². The van der Waals surface area contributed by atoms with E-state index in [0.717, 1.165) is 61.6 Å². The van der Waals surface area contributed by atoms with Gasteiger partial charge in [-0.25, -0.2) is 9.97 Å². The first-order valence-electron chi connectivity index (χ1n) is 18.3. The van der Waals surface area contributed by atoms with E-state index in [0.29, 0.717) is 0 Å². The Morgan fingerprint density at radius 2 is 0.778 bits per heavy atom. The zero-order chi connectivity index (χ0) is 36.3. The van der Waals surface area contributed by atoms with Crippen LogP contribution in [0.4, 0.5) is 11.4 Å². The predicted molar refractivity (Wildman–Crippen MR) is 227 cm³/mol. The molecule has 1 N–H and O–H groups in total. The lowest BCUT2D eigenvalue weighted by molar-refractivity contribution is 1.29. The predicted octanol–water partition coefficient (Wildman–Crippen LogP) is 13.7. The Bertz CT molecular complexity index is 2700. The Balaban J connectivity index is 1.15. The van der Waals surface area contributed by atoms with Crippen LogP contribution < -0.4 is 5.32 Å². The van der Waals surface area contributed by atoms with E-state index >= 15 is 0 Å². The maximum absolute atomic E-state index is 5.38. The van der Waals surface area contributed by atoms with Crippen molar-refractivity contribution < 1.29 is 0 Å². The second-order valence-corrected chi connectivity index (χ2v) is 13.6. The molecule has 256 valence electrons. The number of nitrogens with one attached hydrogen (secondary N) is 1. The lowest BCUT2D eigenvalue weighted by atomic mass is 9.95. The fourth-order valence-electron chi connectivity index (χ4n) is 7.15. The summed E-state index contributed by atoms with van der Waals surface area (Å²) in [5.41, 5.74) is 18.0. The summed E-state index contributed by atoms with van der Waals surface area (Å²) < 4.78 is 0. The molecular formula is C51H37N3. The topological polar surface area (TPSA) is 37.8 Å². The highest BCUT2D eigenvalue weighted by molar-refractivity contribution is 5.91. The maximum atomic E-state index is 5.38. The highest BCUT2D eigenvalue weighted by atomic mass is 14.9. The standard InChI is InChI=1S/C51H37N3/c1-35-13-11-12-20-45(35)46-31-29-42(33-48(46)52-44-18-9-4-10-19-44)43-30-32-47-49(34-43)54-51(41-27-23-39(24-28-41)37-16-7-3-8-17-37)50(53-47)40-25-21-38(22-26-40)36-14-5-2-6-15-36/h2-34,52H,1H3. The third kappa shape index (κ3) is 6.67. The SMILES string of the molecule is Cc1ccccc1-c1ccc(-c2ccc3nc(-c4ccc(-c5ccccc5)cc4)c(-c4ccc(-c5ccccc5)cc4)nc3c2)cc1Nc1ccccc1. The summed E-state index contributed by atoms with van der Waals surface area (Å²) in [6.07, 6.45) is 0. The summed E-state index contributed by atoms with van der Waals surface area (Å²) in [6, 6.07) is 70.2. The first kappa shape index (κ1) is 32.8. The molecule has 0 spiro atoms. The molecule has 0 bridgehead atoms. The van der Waals surface area contributed by atoms with Crippen molar-refractivity contribution in [3.05, 3.63) is 206 Å². The van der Waals surface area contributed by atoms with Gasteiger partial charge in [0.15, 0.2) is 0 Å². The van der Waals surface area contributed by atoms with Gasteiger partial charge in [0.2, 0.25) is 0 Å². The van der Waals surface area contributed by atoms with Gasteiger partial charge < -0.3 is 5.32 Å². The molecule has 0 fully saturated rings. The molecule has 54 heavy (non-hydrogen) atoms.